The molecule has 0 fully saturated rings. The van der Waals surface area contributed by atoms with Crippen molar-refractivity contribution in [1.29, 1.82) is 0 Å². The largest absolute Gasteiger partial charge is 0.287 e. The van der Waals surface area contributed by atoms with E-state index in [2.05, 4.69) is 4.99 Å². The van der Waals surface area contributed by atoms with E-state index in [1.807, 2.05) is 44.3 Å². The number of aryl methyl sites for hydroxylation is 1. The number of benzene rings is 1. The third-order valence-corrected chi connectivity index (χ3v) is 3.19. The summed E-state index contributed by atoms with van der Waals surface area (Å²) in [6.07, 6.45) is 6.77. The Kier molecular flexibility index (Phi) is 3.52. The topological polar surface area (TPSA) is 29.4 Å². The molecule has 0 spiro atoms. The highest BCUT2D eigenvalue weighted by molar-refractivity contribution is 6.10. The summed E-state index contributed by atoms with van der Waals surface area (Å²) in [6.45, 7) is 4.01. The number of Topliss-reactive ketones (excluding diaryl/α,β-unsaturated/α-hetero) is 1. The van der Waals surface area contributed by atoms with Crippen molar-refractivity contribution in [3.05, 3.63) is 46.7 Å². The summed E-state index contributed by atoms with van der Waals surface area (Å²) in [5.41, 5.74) is 3.57. The molecule has 0 aromatic heterocycles. The van der Waals surface area contributed by atoms with Gasteiger partial charge < -0.3 is 0 Å². The van der Waals surface area contributed by atoms with E-state index in [1.165, 1.54) is 0 Å². The van der Waals surface area contributed by atoms with Gasteiger partial charge in [-0.15, -0.1) is 0 Å². The van der Waals surface area contributed by atoms with E-state index in [9.17, 15) is 4.79 Å². The van der Waals surface area contributed by atoms with E-state index < -0.39 is 0 Å². The van der Waals surface area contributed by atoms with Crippen LogP contribution in [-0.2, 0) is 0 Å². The molecule has 88 valence electrons. The summed E-state index contributed by atoms with van der Waals surface area (Å²) >= 11 is 0. The molecule has 0 aliphatic carbocycles. The number of hydrogen-bond donors (Lipinski definition) is 0. The van der Waals surface area contributed by atoms with Gasteiger partial charge in [-0.3, -0.25) is 9.79 Å². The van der Waals surface area contributed by atoms with Crippen LogP contribution in [0.3, 0.4) is 0 Å². The third-order valence-electron chi connectivity index (χ3n) is 3.19. The van der Waals surface area contributed by atoms with Crippen LogP contribution in [0.15, 0.2) is 35.0 Å². The third kappa shape index (κ3) is 2.52. The van der Waals surface area contributed by atoms with Crippen molar-refractivity contribution in [3.63, 3.8) is 0 Å². The number of rotatable bonds is 2. The van der Waals surface area contributed by atoms with Crippen LogP contribution in [0.5, 0.6) is 0 Å². The van der Waals surface area contributed by atoms with Crippen LogP contribution in [0, 0.1) is 13.8 Å². The molecule has 1 heterocycles. The van der Waals surface area contributed by atoms with E-state index in [0.717, 1.165) is 36.0 Å². The Morgan fingerprint density at radius 2 is 2.06 bits per heavy atom. The van der Waals surface area contributed by atoms with Crippen molar-refractivity contribution in [1.82, 2.24) is 0 Å². The zero-order valence-electron chi connectivity index (χ0n) is 10.4. The van der Waals surface area contributed by atoms with Crippen molar-refractivity contribution in [2.75, 3.05) is 0 Å². The molecule has 2 nitrogen and oxygen atoms in total. The Morgan fingerprint density at radius 1 is 1.24 bits per heavy atom. The number of hydrogen-bond acceptors (Lipinski definition) is 2. The summed E-state index contributed by atoms with van der Waals surface area (Å²) in [7, 11) is 0. The molecule has 0 saturated heterocycles. The predicted molar refractivity (Wildman–Crippen MR) is 70.7 cm³/mol. The second kappa shape index (κ2) is 5.09. The molecule has 1 aliphatic heterocycles. The molecular formula is C15H17NO. The lowest BCUT2D eigenvalue weighted by Crippen LogP contribution is -2.05. The Hall–Kier alpha value is -1.70. The van der Waals surface area contributed by atoms with Gasteiger partial charge in [-0.25, -0.2) is 0 Å². The van der Waals surface area contributed by atoms with Gasteiger partial charge in [0.05, 0.1) is 0 Å². The average molecular weight is 227 g/mol. The lowest BCUT2D eigenvalue weighted by molar-refractivity contribution is 0.103. The number of carbonyl (C=O) groups excluding carboxylic acids is 1. The highest BCUT2D eigenvalue weighted by Crippen LogP contribution is 2.19. The van der Waals surface area contributed by atoms with Gasteiger partial charge >= 0.3 is 0 Å². The first-order valence-corrected chi connectivity index (χ1v) is 6.04. The van der Waals surface area contributed by atoms with Gasteiger partial charge in [0.25, 0.3) is 0 Å². The Labute approximate surface area is 102 Å². The summed E-state index contributed by atoms with van der Waals surface area (Å²) in [5, 5.41) is 0. The number of nitrogens with zero attached hydrogens (tertiary/aromatic N) is 1. The van der Waals surface area contributed by atoms with Gasteiger partial charge in [0.15, 0.2) is 0 Å². The van der Waals surface area contributed by atoms with E-state index in [-0.39, 0.29) is 5.78 Å². The first-order valence-electron chi connectivity index (χ1n) is 6.04. The molecular weight excluding hydrogens is 210 g/mol. The Morgan fingerprint density at radius 3 is 2.88 bits per heavy atom. The summed E-state index contributed by atoms with van der Waals surface area (Å²) in [5.74, 6) is 0.0457. The van der Waals surface area contributed by atoms with E-state index in [4.69, 9.17) is 0 Å². The van der Waals surface area contributed by atoms with Gasteiger partial charge in [-0.05, 0) is 44.2 Å². The van der Waals surface area contributed by atoms with Gasteiger partial charge in [-0.2, -0.15) is 0 Å². The van der Waals surface area contributed by atoms with Crippen molar-refractivity contribution in [3.8, 4) is 0 Å². The summed E-state index contributed by atoms with van der Waals surface area (Å²) in [4.78, 5) is 16.6. The van der Waals surface area contributed by atoms with Gasteiger partial charge in [0.1, 0.15) is 5.70 Å². The maximum atomic E-state index is 12.3. The van der Waals surface area contributed by atoms with Crippen LogP contribution >= 0.6 is 0 Å². The van der Waals surface area contributed by atoms with Gasteiger partial charge in [0.2, 0.25) is 5.78 Å². The minimum atomic E-state index is 0.0457. The van der Waals surface area contributed by atoms with E-state index in [1.54, 1.807) is 0 Å². The molecule has 0 N–H and O–H groups in total. The minimum absolute atomic E-state index is 0.0457. The molecule has 0 radical (unpaired) electrons. The monoisotopic (exact) mass is 227 g/mol. The molecule has 0 saturated carbocycles. The average Bonchev–Trinajstić information content (AvgIpc) is 2.60. The van der Waals surface area contributed by atoms with Crippen LogP contribution in [0.2, 0.25) is 0 Å². The summed E-state index contributed by atoms with van der Waals surface area (Å²) < 4.78 is 0. The Bertz CT molecular complexity index is 498. The van der Waals surface area contributed by atoms with Crippen LogP contribution < -0.4 is 0 Å². The quantitative estimate of drug-likeness (QED) is 0.709. The highest BCUT2D eigenvalue weighted by Gasteiger charge is 2.14. The first-order chi connectivity index (χ1) is 8.20. The SMILES string of the molecule is Cc1cccc(C(=O)C2=CCCCC=N2)c1C. The highest BCUT2D eigenvalue weighted by atomic mass is 16.1. The molecule has 1 aliphatic rings. The molecule has 2 heteroatoms. The summed E-state index contributed by atoms with van der Waals surface area (Å²) in [6, 6.07) is 5.83. The number of allylic oxidation sites excluding steroid dienone is 2. The van der Waals surface area contributed by atoms with Crippen LogP contribution in [0.25, 0.3) is 0 Å². The number of aliphatic imine (C=N–C) groups is 1. The molecule has 1 aromatic carbocycles. The fraction of sp³-hybridized carbons (Fsp3) is 0.333. The minimum Gasteiger partial charge on any atom is -0.287 e. The number of ketones is 1. The van der Waals surface area contributed by atoms with Crippen molar-refractivity contribution < 1.29 is 4.79 Å². The van der Waals surface area contributed by atoms with Crippen LogP contribution in [0.1, 0.15) is 40.7 Å². The standard InChI is InChI=1S/C15H17NO/c1-11-7-6-8-13(12(11)2)15(17)14-9-4-3-5-10-16-14/h6-10H,3-5H2,1-2H3. The van der Waals surface area contributed by atoms with Gasteiger partial charge in [-0.1, -0.05) is 24.3 Å². The smallest absolute Gasteiger partial charge is 0.211 e. The van der Waals surface area contributed by atoms with E-state index in [0.29, 0.717) is 5.70 Å². The van der Waals surface area contributed by atoms with Crippen molar-refractivity contribution >= 4 is 12.0 Å². The Balaban J connectivity index is 2.37. The zero-order valence-corrected chi connectivity index (χ0v) is 10.4. The normalized spacial score (nSPS) is 15.3. The molecule has 0 unspecified atom stereocenters. The second-order valence-electron chi connectivity index (χ2n) is 4.41. The second-order valence-corrected chi connectivity index (χ2v) is 4.41. The lowest BCUT2D eigenvalue weighted by Gasteiger charge is -2.07. The first kappa shape index (κ1) is 11.8. The maximum Gasteiger partial charge on any atom is 0.211 e. The molecule has 0 amide bonds. The maximum absolute atomic E-state index is 12.3. The van der Waals surface area contributed by atoms with Crippen molar-refractivity contribution in [2.45, 2.75) is 33.1 Å². The zero-order chi connectivity index (χ0) is 12.3. The fourth-order valence-electron chi connectivity index (χ4n) is 1.95. The number of carbonyl (C=O) groups is 1. The van der Waals surface area contributed by atoms with Crippen molar-refractivity contribution in [2.24, 2.45) is 4.99 Å². The predicted octanol–water partition coefficient (Wildman–Crippen LogP) is 3.62. The molecule has 17 heavy (non-hydrogen) atoms. The van der Waals surface area contributed by atoms with Gasteiger partial charge in [0, 0.05) is 11.8 Å². The molecule has 2 rings (SSSR count). The van der Waals surface area contributed by atoms with Crippen LogP contribution in [-0.4, -0.2) is 12.0 Å². The fourth-order valence-corrected chi connectivity index (χ4v) is 1.95. The molecule has 0 bridgehead atoms. The molecule has 1 aromatic rings. The van der Waals surface area contributed by atoms with Crippen LogP contribution in [0.4, 0.5) is 0 Å². The lowest BCUT2D eigenvalue weighted by atomic mass is 9.98. The van der Waals surface area contributed by atoms with E-state index >= 15 is 0 Å². The molecule has 0 atom stereocenters.